The summed E-state index contributed by atoms with van der Waals surface area (Å²) in [4.78, 5) is 4.31. The molecule has 1 aromatic carbocycles. The Hall–Kier alpha value is -2.06. The van der Waals surface area contributed by atoms with Crippen molar-refractivity contribution in [3.63, 3.8) is 0 Å². The van der Waals surface area contributed by atoms with Crippen LogP contribution in [-0.2, 0) is 0 Å². The van der Waals surface area contributed by atoms with Crippen molar-refractivity contribution in [1.29, 1.82) is 5.26 Å². The third kappa shape index (κ3) is 2.60. The van der Waals surface area contributed by atoms with E-state index in [1.807, 2.05) is 25.1 Å². The van der Waals surface area contributed by atoms with Crippen LogP contribution < -0.4 is 11.1 Å². The van der Waals surface area contributed by atoms with Crippen molar-refractivity contribution < 1.29 is 0 Å². The van der Waals surface area contributed by atoms with Gasteiger partial charge in [-0.05, 0) is 37.3 Å². The van der Waals surface area contributed by atoms with Gasteiger partial charge in [0.2, 0.25) is 0 Å². The molecule has 5 heteroatoms. The van der Waals surface area contributed by atoms with E-state index in [0.29, 0.717) is 22.8 Å². The van der Waals surface area contributed by atoms with E-state index in [1.165, 1.54) is 0 Å². The Balaban J connectivity index is 2.40. The Morgan fingerprint density at radius 1 is 1.33 bits per heavy atom. The topological polar surface area (TPSA) is 74.7 Å². The van der Waals surface area contributed by atoms with E-state index in [9.17, 15) is 0 Å². The van der Waals surface area contributed by atoms with Crippen molar-refractivity contribution in [1.82, 2.24) is 4.98 Å². The summed E-state index contributed by atoms with van der Waals surface area (Å²) in [6.07, 6.45) is 0. The first kappa shape index (κ1) is 12.4. The number of anilines is 3. The fraction of sp³-hybridized carbons (Fsp3) is 0.0769. The smallest absolute Gasteiger partial charge is 0.153 e. The minimum Gasteiger partial charge on any atom is -0.396 e. The summed E-state index contributed by atoms with van der Waals surface area (Å²) >= 11 is 3.33. The predicted molar refractivity (Wildman–Crippen MR) is 75.5 cm³/mol. The van der Waals surface area contributed by atoms with Gasteiger partial charge in [-0.3, -0.25) is 0 Å². The molecule has 0 saturated carbocycles. The van der Waals surface area contributed by atoms with Gasteiger partial charge in [0.15, 0.2) is 5.82 Å². The minimum atomic E-state index is 0.534. The van der Waals surface area contributed by atoms with Crippen LogP contribution in [0.1, 0.15) is 11.3 Å². The van der Waals surface area contributed by atoms with Gasteiger partial charge in [-0.25, -0.2) is 4.98 Å². The van der Waals surface area contributed by atoms with Crippen molar-refractivity contribution >= 4 is 33.1 Å². The van der Waals surface area contributed by atoms with Gasteiger partial charge < -0.3 is 11.1 Å². The van der Waals surface area contributed by atoms with Gasteiger partial charge >= 0.3 is 0 Å². The van der Waals surface area contributed by atoms with E-state index >= 15 is 0 Å². The Morgan fingerprint density at radius 2 is 2.11 bits per heavy atom. The van der Waals surface area contributed by atoms with Crippen LogP contribution in [0.25, 0.3) is 0 Å². The molecule has 0 aliphatic rings. The van der Waals surface area contributed by atoms with Crippen LogP contribution in [0.5, 0.6) is 0 Å². The summed E-state index contributed by atoms with van der Waals surface area (Å²) in [5.41, 5.74) is 8.47. The number of pyridine rings is 1. The van der Waals surface area contributed by atoms with Crippen LogP contribution in [0.3, 0.4) is 0 Å². The maximum Gasteiger partial charge on any atom is 0.153 e. The summed E-state index contributed by atoms with van der Waals surface area (Å²) in [6, 6.07) is 11.2. The molecule has 0 unspecified atom stereocenters. The molecule has 2 rings (SSSR count). The van der Waals surface area contributed by atoms with Crippen LogP contribution in [0.4, 0.5) is 17.2 Å². The molecule has 18 heavy (non-hydrogen) atoms. The molecule has 90 valence electrons. The fourth-order valence-corrected chi connectivity index (χ4v) is 1.87. The van der Waals surface area contributed by atoms with Gasteiger partial charge in [0.05, 0.1) is 16.9 Å². The lowest BCUT2D eigenvalue weighted by molar-refractivity contribution is 1.20. The molecule has 0 atom stereocenters. The van der Waals surface area contributed by atoms with Crippen molar-refractivity contribution in [2.75, 3.05) is 11.1 Å². The third-order valence-corrected chi connectivity index (χ3v) is 2.91. The van der Waals surface area contributed by atoms with Crippen LogP contribution in [0, 0.1) is 18.3 Å². The number of nitriles is 1. The van der Waals surface area contributed by atoms with Gasteiger partial charge in [0.25, 0.3) is 0 Å². The standard InChI is InChI=1S/C13H11BrN4/c1-8-2-4-11(16)13(17-8)18-12-5-3-10(14)6-9(12)7-15/h2-6H,16H2,1H3,(H,17,18). The average Bonchev–Trinajstić information content (AvgIpc) is 2.36. The Labute approximate surface area is 114 Å². The van der Waals surface area contributed by atoms with E-state index in [0.717, 1.165) is 10.2 Å². The van der Waals surface area contributed by atoms with Crippen LogP contribution >= 0.6 is 15.9 Å². The van der Waals surface area contributed by atoms with E-state index < -0.39 is 0 Å². The summed E-state index contributed by atoms with van der Waals surface area (Å²) in [5, 5.41) is 12.2. The first-order valence-electron chi connectivity index (χ1n) is 5.30. The molecule has 3 N–H and O–H groups in total. The maximum atomic E-state index is 9.08. The molecule has 0 saturated heterocycles. The maximum absolute atomic E-state index is 9.08. The number of nitrogens with zero attached hydrogens (tertiary/aromatic N) is 2. The quantitative estimate of drug-likeness (QED) is 0.892. The lowest BCUT2D eigenvalue weighted by Gasteiger charge is -2.10. The molecule has 0 amide bonds. The second-order valence-corrected chi connectivity index (χ2v) is 4.73. The number of hydrogen-bond acceptors (Lipinski definition) is 4. The van der Waals surface area contributed by atoms with Crippen LogP contribution in [-0.4, -0.2) is 4.98 Å². The molecule has 0 spiro atoms. The van der Waals surface area contributed by atoms with Crippen molar-refractivity contribution in [3.05, 3.63) is 46.1 Å². The van der Waals surface area contributed by atoms with Crippen molar-refractivity contribution in [3.8, 4) is 6.07 Å². The Kier molecular flexibility index (Phi) is 3.49. The number of nitrogens with two attached hydrogens (primary N) is 1. The van der Waals surface area contributed by atoms with E-state index in [1.54, 1.807) is 12.1 Å². The molecular weight excluding hydrogens is 292 g/mol. The number of nitrogen functional groups attached to an aromatic ring is 1. The number of aromatic nitrogens is 1. The van der Waals surface area contributed by atoms with Crippen molar-refractivity contribution in [2.45, 2.75) is 6.92 Å². The monoisotopic (exact) mass is 302 g/mol. The predicted octanol–water partition coefficient (Wildman–Crippen LogP) is 3.35. The Morgan fingerprint density at radius 3 is 2.83 bits per heavy atom. The molecule has 1 aromatic heterocycles. The zero-order valence-electron chi connectivity index (χ0n) is 9.74. The zero-order chi connectivity index (χ0) is 13.1. The van der Waals surface area contributed by atoms with Crippen LogP contribution in [0.2, 0.25) is 0 Å². The summed E-state index contributed by atoms with van der Waals surface area (Å²) in [5.74, 6) is 0.564. The SMILES string of the molecule is Cc1ccc(N)c(Nc2ccc(Br)cc2C#N)n1. The Bertz CT molecular complexity index is 631. The molecule has 0 aliphatic carbocycles. The third-order valence-electron chi connectivity index (χ3n) is 2.42. The number of benzene rings is 1. The van der Waals surface area contributed by atoms with Gasteiger partial charge in [-0.15, -0.1) is 0 Å². The molecule has 0 bridgehead atoms. The highest BCUT2D eigenvalue weighted by Crippen LogP contribution is 2.25. The first-order valence-corrected chi connectivity index (χ1v) is 6.09. The average molecular weight is 303 g/mol. The highest BCUT2D eigenvalue weighted by molar-refractivity contribution is 9.10. The number of hydrogen-bond donors (Lipinski definition) is 2. The lowest BCUT2D eigenvalue weighted by atomic mass is 10.2. The van der Waals surface area contributed by atoms with E-state index in [-0.39, 0.29) is 0 Å². The minimum absolute atomic E-state index is 0.534. The number of aryl methyl sites for hydroxylation is 1. The summed E-state index contributed by atoms with van der Waals surface area (Å²) in [6.45, 7) is 1.89. The lowest BCUT2D eigenvalue weighted by Crippen LogP contribution is -2.01. The van der Waals surface area contributed by atoms with Gasteiger partial charge in [-0.1, -0.05) is 15.9 Å². The molecule has 1 heterocycles. The zero-order valence-corrected chi connectivity index (χ0v) is 11.3. The molecule has 0 fully saturated rings. The van der Waals surface area contributed by atoms with Crippen molar-refractivity contribution in [2.24, 2.45) is 0 Å². The number of rotatable bonds is 2. The molecular formula is C13H11BrN4. The summed E-state index contributed by atoms with van der Waals surface area (Å²) in [7, 11) is 0. The van der Waals surface area contributed by atoms with Gasteiger partial charge in [-0.2, -0.15) is 5.26 Å². The van der Waals surface area contributed by atoms with Gasteiger partial charge in [0.1, 0.15) is 6.07 Å². The van der Waals surface area contributed by atoms with Crippen LogP contribution in [0.15, 0.2) is 34.8 Å². The van der Waals surface area contributed by atoms with E-state index in [4.69, 9.17) is 11.0 Å². The first-order chi connectivity index (χ1) is 8.60. The molecule has 2 aromatic rings. The normalized spacial score (nSPS) is 9.83. The fourth-order valence-electron chi connectivity index (χ4n) is 1.51. The number of nitrogens with one attached hydrogen (secondary N) is 1. The second kappa shape index (κ2) is 5.07. The molecule has 0 radical (unpaired) electrons. The van der Waals surface area contributed by atoms with E-state index in [2.05, 4.69) is 32.3 Å². The summed E-state index contributed by atoms with van der Waals surface area (Å²) < 4.78 is 0.856. The molecule has 4 nitrogen and oxygen atoms in total. The number of halogens is 1. The molecule has 0 aliphatic heterocycles. The second-order valence-electron chi connectivity index (χ2n) is 3.82. The van der Waals surface area contributed by atoms with Gasteiger partial charge in [0, 0.05) is 10.2 Å². The highest BCUT2D eigenvalue weighted by Gasteiger charge is 2.06. The largest absolute Gasteiger partial charge is 0.396 e. The highest BCUT2D eigenvalue weighted by atomic mass is 79.9.